The molecular weight excluding hydrogens is 333 g/mol. The summed E-state index contributed by atoms with van der Waals surface area (Å²) in [6.45, 7) is -0.0126. The number of amides is 1. The van der Waals surface area contributed by atoms with Crippen LogP contribution in [0.4, 0.5) is 10.5 Å². The molecule has 116 valence electrons. The van der Waals surface area contributed by atoms with E-state index in [1.807, 2.05) is 0 Å². The van der Waals surface area contributed by atoms with Gasteiger partial charge in [-0.3, -0.25) is 14.3 Å². The van der Waals surface area contributed by atoms with Crippen molar-refractivity contribution in [2.45, 2.75) is 13.0 Å². The van der Waals surface area contributed by atoms with E-state index in [0.29, 0.717) is 15.7 Å². The van der Waals surface area contributed by atoms with Crippen molar-refractivity contribution >= 4 is 40.9 Å². The maximum absolute atomic E-state index is 12.2. The summed E-state index contributed by atoms with van der Waals surface area (Å²) in [5.74, 6) is -1.03. The minimum Gasteiger partial charge on any atom is -0.481 e. The van der Waals surface area contributed by atoms with Crippen LogP contribution in [0.1, 0.15) is 6.42 Å². The van der Waals surface area contributed by atoms with E-state index >= 15 is 0 Å². The molecule has 0 bridgehead atoms. The van der Waals surface area contributed by atoms with Crippen LogP contribution in [-0.4, -0.2) is 26.5 Å². The summed E-state index contributed by atoms with van der Waals surface area (Å²) in [6, 6.07) is 4.88. The molecule has 7 nitrogen and oxygen atoms in total. The third-order valence-electron chi connectivity index (χ3n) is 2.72. The molecule has 1 aromatic carbocycles. The van der Waals surface area contributed by atoms with Crippen molar-refractivity contribution in [2.24, 2.45) is 0 Å². The van der Waals surface area contributed by atoms with Gasteiger partial charge in [-0.05, 0) is 18.2 Å². The second-order valence-electron chi connectivity index (χ2n) is 4.36. The molecule has 0 fully saturated rings. The van der Waals surface area contributed by atoms with E-state index in [9.17, 15) is 14.4 Å². The van der Waals surface area contributed by atoms with E-state index in [-0.39, 0.29) is 13.0 Å². The Bertz CT molecular complexity index is 762. The van der Waals surface area contributed by atoms with Crippen LogP contribution in [0.15, 0.2) is 35.3 Å². The summed E-state index contributed by atoms with van der Waals surface area (Å²) < 4.78 is 2.02. The maximum Gasteiger partial charge on any atom is 0.348 e. The van der Waals surface area contributed by atoms with Gasteiger partial charge in [-0.1, -0.05) is 23.2 Å². The minimum absolute atomic E-state index is 0.0126. The van der Waals surface area contributed by atoms with Crippen LogP contribution in [0.5, 0.6) is 0 Å². The summed E-state index contributed by atoms with van der Waals surface area (Å²) in [4.78, 5) is 34.5. The van der Waals surface area contributed by atoms with Gasteiger partial charge < -0.3 is 10.4 Å². The third-order valence-corrected chi connectivity index (χ3v) is 3.15. The number of hydrogen-bond donors (Lipinski definition) is 2. The number of aliphatic carboxylic acids is 1. The molecule has 1 aromatic heterocycles. The number of nitrogens with zero attached hydrogens (tertiary/aromatic N) is 2. The zero-order valence-electron chi connectivity index (χ0n) is 11.1. The zero-order valence-corrected chi connectivity index (χ0v) is 12.6. The van der Waals surface area contributed by atoms with E-state index in [1.165, 1.54) is 35.1 Å². The Balaban J connectivity index is 2.24. The second-order valence-corrected chi connectivity index (χ2v) is 5.23. The van der Waals surface area contributed by atoms with Crippen molar-refractivity contribution in [3.8, 4) is 0 Å². The third kappa shape index (κ3) is 3.90. The summed E-state index contributed by atoms with van der Waals surface area (Å²) in [5.41, 5.74) is -0.253. The average molecular weight is 344 g/mol. The number of carboxylic acids is 1. The number of anilines is 1. The molecule has 2 rings (SSSR count). The van der Waals surface area contributed by atoms with Gasteiger partial charge in [0.05, 0.1) is 13.0 Å². The highest BCUT2D eigenvalue weighted by atomic mass is 35.5. The van der Waals surface area contributed by atoms with Gasteiger partial charge in [-0.2, -0.15) is 4.68 Å². The van der Waals surface area contributed by atoms with E-state index in [1.54, 1.807) is 0 Å². The van der Waals surface area contributed by atoms with Crippen LogP contribution in [0.25, 0.3) is 0 Å². The fourth-order valence-electron chi connectivity index (χ4n) is 1.82. The van der Waals surface area contributed by atoms with Gasteiger partial charge in [0.2, 0.25) is 0 Å². The number of carbonyl (C=O) groups is 2. The Kier molecular flexibility index (Phi) is 4.89. The second kappa shape index (κ2) is 6.67. The summed E-state index contributed by atoms with van der Waals surface area (Å²) >= 11 is 11.7. The molecule has 0 spiro atoms. The number of nitrogens with one attached hydrogen (secondary N) is 1. The average Bonchev–Trinajstić information content (AvgIpc) is 2.76. The molecule has 9 heteroatoms. The largest absolute Gasteiger partial charge is 0.481 e. The van der Waals surface area contributed by atoms with Gasteiger partial charge in [-0.15, -0.1) is 0 Å². The number of halogens is 2. The molecule has 2 aromatic rings. The Morgan fingerprint density at radius 1 is 1.18 bits per heavy atom. The first-order valence-electron chi connectivity index (χ1n) is 6.14. The van der Waals surface area contributed by atoms with Gasteiger partial charge in [0.15, 0.2) is 0 Å². The Hall–Kier alpha value is -2.25. The fourth-order valence-corrected chi connectivity index (χ4v) is 2.34. The summed E-state index contributed by atoms with van der Waals surface area (Å²) in [5, 5.41) is 11.8. The van der Waals surface area contributed by atoms with Crippen LogP contribution in [-0.2, 0) is 11.3 Å². The lowest BCUT2D eigenvalue weighted by molar-refractivity contribution is -0.137. The molecule has 0 atom stereocenters. The maximum atomic E-state index is 12.2. The van der Waals surface area contributed by atoms with Gasteiger partial charge in [0.1, 0.15) is 0 Å². The zero-order chi connectivity index (χ0) is 16.3. The number of benzene rings is 1. The standard InChI is InChI=1S/C13H11Cl2N3O4/c14-8-5-9(15)7-10(6-8)16-13(22)18-11(19)1-3-17(18)4-2-12(20)21/h1,3,5-7H,2,4H2,(H,16,22)(H,20,21). The van der Waals surface area contributed by atoms with Crippen molar-refractivity contribution in [1.82, 2.24) is 9.36 Å². The molecule has 0 saturated heterocycles. The Morgan fingerprint density at radius 2 is 1.82 bits per heavy atom. The quantitative estimate of drug-likeness (QED) is 0.891. The number of aryl methyl sites for hydroxylation is 1. The van der Waals surface area contributed by atoms with Gasteiger partial charge in [-0.25, -0.2) is 4.79 Å². The molecule has 1 heterocycles. The molecule has 0 unspecified atom stereocenters. The van der Waals surface area contributed by atoms with Crippen LogP contribution in [0.3, 0.4) is 0 Å². The molecule has 0 saturated carbocycles. The van der Waals surface area contributed by atoms with E-state index < -0.39 is 17.6 Å². The fraction of sp³-hybridized carbons (Fsp3) is 0.154. The lowest BCUT2D eigenvalue weighted by atomic mass is 10.3. The molecule has 0 aliphatic rings. The van der Waals surface area contributed by atoms with Gasteiger partial charge >= 0.3 is 12.0 Å². The number of aromatic nitrogens is 2. The van der Waals surface area contributed by atoms with Gasteiger partial charge in [0, 0.05) is 28.0 Å². The van der Waals surface area contributed by atoms with E-state index in [4.69, 9.17) is 28.3 Å². The van der Waals surface area contributed by atoms with Crippen molar-refractivity contribution in [1.29, 1.82) is 0 Å². The molecule has 1 amide bonds. The van der Waals surface area contributed by atoms with Crippen molar-refractivity contribution in [3.05, 3.63) is 50.9 Å². The van der Waals surface area contributed by atoms with Crippen LogP contribution in [0, 0.1) is 0 Å². The predicted octanol–water partition coefficient (Wildman–Crippen LogP) is 2.51. The first kappa shape index (κ1) is 16.1. The smallest absolute Gasteiger partial charge is 0.348 e. The van der Waals surface area contributed by atoms with Crippen LogP contribution in [0.2, 0.25) is 10.0 Å². The monoisotopic (exact) mass is 343 g/mol. The lowest BCUT2D eigenvalue weighted by Crippen LogP contribution is -2.34. The van der Waals surface area contributed by atoms with E-state index in [0.717, 1.165) is 4.68 Å². The molecule has 22 heavy (non-hydrogen) atoms. The topological polar surface area (TPSA) is 93.3 Å². The predicted molar refractivity (Wildman–Crippen MR) is 81.8 cm³/mol. The first-order valence-corrected chi connectivity index (χ1v) is 6.90. The van der Waals surface area contributed by atoms with Gasteiger partial charge in [0.25, 0.3) is 5.56 Å². The highest BCUT2D eigenvalue weighted by Gasteiger charge is 2.13. The number of carbonyl (C=O) groups excluding carboxylic acids is 1. The molecule has 0 aliphatic carbocycles. The Labute approximate surface area is 134 Å². The summed E-state index contributed by atoms with van der Waals surface area (Å²) in [7, 11) is 0. The molecular formula is C13H11Cl2N3O4. The lowest BCUT2D eigenvalue weighted by Gasteiger charge is -2.11. The summed E-state index contributed by atoms with van der Waals surface area (Å²) in [6.07, 6.45) is 1.13. The number of carboxylic acid groups (broad SMARTS) is 1. The highest BCUT2D eigenvalue weighted by molar-refractivity contribution is 6.35. The van der Waals surface area contributed by atoms with Crippen LogP contribution < -0.4 is 10.9 Å². The first-order chi connectivity index (χ1) is 10.4. The van der Waals surface area contributed by atoms with Crippen molar-refractivity contribution in [3.63, 3.8) is 0 Å². The minimum atomic E-state index is -1.03. The van der Waals surface area contributed by atoms with Crippen molar-refractivity contribution < 1.29 is 14.7 Å². The SMILES string of the molecule is O=C(O)CCn1ccc(=O)n1C(=O)Nc1cc(Cl)cc(Cl)c1. The Morgan fingerprint density at radius 3 is 2.41 bits per heavy atom. The number of rotatable bonds is 4. The molecule has 2 N–H and O–H groups in total. The van der Waals surface area contributed by atoms with E-state index in [2.05, 4.69) is 5.32 Å². The normalized spacial score (nSPS) is 10.5. The van der Waals surface area contributed by atoms with Crippen LogP contribution >= 0.6 is 23.2 Å². The number of hydrogen-bond acceptors (Lipinski definition) is 3. The van der Waals surface area contributed by atoms with Crippen molar-refractivity contribution in [2.75, 3.05) is 5.32 Å². The molecule has 0 radical (unpaired) electrons. The molecule has 0 aliphatic heterocycles. The highest BCUT2D eigenvalue weighted by Crippen LogP contribution is 2.22.